The SMILES string of the molecule is CC(C)n1cncc1CNc1ccc(S(N)(=O)=O)cc1. The average molecular weight is 294 g/mol. The van der Waals surface area contributed by atoms with E-state index in [1.54, 1.807) is 18.5 Å². The number of anilines is 1. The third kappa shape index (κ3) is 3.37. The highest BCUT2D eigenvalue weighted by molar-refractivity contribution is 7.89. The maximum absolute atomic E-state index is 11.2. The second kappa shape index (κ2) is 5.64. The first-order chi connectivity index (χ1) is 9.38. The van der Waals surface area contributed by atoms with E-state index in [2.05, 4.69) is 28.7 Å². The maximum atomic E-state index is 11.2. The second-order valence-electron chi connectivity index (χ2n) is 4.81. The zero-order chi connectivity index (χ0) is 14.8. The van der Waals surface area contributed by atoms with E-state index in [9.17, 15) is 8.42 Å². The molecule has 0 saturated heterocycles. The smallest absolute Gasteiger partial charge is 0.238 e. The molecule has 0 radical (unpaired) electrons. The topological polar surface area (TPSA) is 90.0 Å². The Morgan fingerprint density at radius 1 is 1.30 bits per heavy atom. The van der Waals surface area contributed by atoms with Crippen LogP contribution < -0.4 is 10.5 Å². The first-order valence-corrected chi connectivity index (χ1v) is 7.80. The van der Waals surface area contributed by atoms with Gasteiger partial charge < -0.3 is 9.88 Å². The first kappa shape index (κ1) is 14.5. The number of rotatable bonds is 5. The minimum atomic E-state index is -3.64. The predicted octanol–water partition coefficient (Wildman–Crippen LogP) is 1.72. The van der Waals surface area contributed by atoms with Crippen molar-refractivity contribution in [2.45, 2.75) is 31.3 Å². The predicted molar refractivity (Wildman–Crippen MR) is 77.8 cm³/mol. The summed E-state index contributed by atoms with van der Waals surface area (Å²) < 4.78 is 24.4. The van der Waals surface area contributed by atoms with E-state index in [0.29, 0.717) is 12.6 Å². The quantitative estimate of drug-likeness (QED) is 0.878. The van der Waals surface area contributed by atoms with Crippen molar-refractivity contribution in [2.75, 3.05) is 5.32 Å². The average Bonchev–Trinajstić information content (AvgIpc) is 2.84. The van der Waals surface area contributed by atoms with Crippen molar-refractivity contribution in [3.63, 3.8) is 0 Å². The molecule has 6 nitrogen and oxygen atoms in total. The summed E-state index contributed by atoms with van der Waals surface area (Å²) in [7, 11) is -3.64. The largest absolute Gasteiger partial charge is 0.379 e. The van der Waals surface area contributed by atoms with E-state index in [0.717, 1.165) is 11.4 Å². The van der Waals surface area contributed by atoms with Crippen LogP contribution in [0.1, 0.15) is 25.6 Å². The molecule has 2 aromatic rings. The number of nitrogens with zero attached hydrogens (tertiary/aromatic N) is 2. The molecule has 0 unspecified atom stereocenters. The molecule has 1 heterocycles. The molecule has 0 aliphatic heterocycles. The highest BCUT2D eigenvalue weighted by atomic mass is 32.2. The Labute approximate surface area is 118 Å². The van der Waals surface area contributed by atoms with Crippen LogP contribution in [-0.4, -0.2) is 18.0 Å². The van der Waals surface area contributed by atoms with Crippen LogP contribution in [0, 0.1) is 0 Å². The van der Waals surface area contributed by atoms with Gasteiger partial charge in [-0.3, -0.25) is 0 Å². The third-order valence-corrected chi connectivity index (χ3v) is 3.89. The molecule has 1 aromatic heterocycles. The van der Waals surface area contributed by atoms with Crippen LogP contribution in [0.5, 0.6) is 0 Å². The summed E-state index contributed by atoms with van der Waals surface area (Å²) in [5.41, 5.74) is 1.89. The van der Waals surface area contributed by atoms with Gasteiger partial charge in [-0.2, -0.15) is 0 Å². The summed E-state index contributed by atoms with van der Waals surface area (Å²) in [5, 5.41) is 8.28. The summed E-state index contributed by atoms with van der Waals surface area (Å²) in [6.07, 6.45) is 3.61. The number of aromatic nitrogens is 2. The van der Waals surface area contributed by atoms with Crippen LogP contribution in [0.25, 0.3) is 0 Å². The van der Waals surface area contributed by atoms with Crippen molar-refractivity contribution in [3.05, 3.63) is 42.5 Å². The standard InChI is InChI=1S/C13H18N4O2S/c1-10(2)17-9-15-7-12(17)8-16-11-3-5-13(6-4-11)20(14,18)19/h3-7,9-10,16H,8H2,1-2H3,(H2,14,18,19). The lowest BCUT2D eigenvalue weighted by molar-refractivity contribution is 0.577. The Hall–Kier alpha value is -1.86. The van der Waals surface area contributed by atoms with Crippen molar-refractivity contribution in [1.82, 2.24) is 9.55 Å². The summed E-state index contributed by atoms with van der Waals surface area (Å²) in [4.78, 5) is 4.24. The number of hydrogen-bond donors (Lipinski definition) is 2. The molecular formula is C13H18N4O2S. The Morgan fingerprint density at radius 2 is 1.95 bits per heavy atom. The number of nitrogens with two attached hydrogens (primary N) is 1. The number of benzene rings is 1. The van der Waals surface area contributed by atoms with Gasteiger partial charge in [0.2, 0.25) is 10.0 Å². The fourth-order valence-corrected chi connectivity index (χ4v) is 2.40. The molecule has 0 spiro atoms. The molecule has 0 bridgehead atoms. The maximum Gasteiger partial charge on any atom is 0.238 e. The monoisotopic (exact) mass is 294 g/mol. The first-order valence-electron chi connectivity index (χ1n) is 6.25. The van der Waals surface area contributed by atoms with Crippen molar-refractivity contribution >= 4 is 15.7 Å². The van der Waals surface area contributed by atoms with E-state index in [-0.39, 0.29) is 4.90 Å². The van der Waals surface area contributed by atoms with Crippen molar-refractivity contribution < 1.29 is 8.42 Å². The summed E-state index contributed by atoms with van der Waals surface area (Å²) in [6, 6.07) is 6.69. The molecule has 7 heteroatoms. The Balaban J connectivity index is 2.06. The van der Waals surface area contributed by atoms with E-state index in [4.69, 9.17) is 5.14 Å². The number of sulfonamides is 1. The van der Waals surface area contributed by atoms with E-state index in [1.807, 2.05) is 6.20 Å². The molecular weight excluding hydrogens is 276 g/mol. The Bertz CT molecular complexity index is 675. The summed E-state index contributed by atoms with van der Waals surface area (Å²) >= 11 is 0. The number of imidazole rings is 1. The van der Waals surface area contributed by atoms with Crippen LogP contribution in [0.3, 0.4) is 0 Å². The molecule has 20 heavy (non-hydrogen) atoms. The lowest BCUT2D eigenvalue weighted by atomic mass is 10.3. The van der Waals surface area contributed by atoms with Crippen LogP contribution in [0.2, 0.25) is 0 Å². The fraction of sp³-hybridized carbons (Fsp3) is 0.308. The van der Waals surface area contributed by atoms with E-state index >= 15 is 0 Å². The van der Waals surface area contributed by atoms with Gasteiger partial charge in [0, 0.05) is 17.9 Å². The van der Waals surface area contributed by atoms with Gasteiger partial charge >= 0.3 is 0 Å². The van der Waals surface area contributed by atoms with Gasteiger partial charge in [-0.1, -0.05) is 0 Å². The van der Waals surface area contributed by atoms with Gasteiger partial charge in [0.15, 0.2) is 0 Å². The molecule has 108 valence electrons. The van der Waals surface area contributed by atoms with Crippen molar-refractivity contribution in [3.8, 4) is 0 Å². The molecule has 0 amide bonds. The van der Waals surface area contributed by atoms with Crippen LogP contribution in [0.15, 0.2) is 41.7 Å². The summed E-state index contributed by atoms with van der Waals surface area (Å²) in [6.45, 7) is 4.80. The molecule has 0 saturated carbocycles. The second-order valence-corrected chi connectivity index (χ2v) is 6.37. The van der Waals surface area contributed by atoms with Gasteiger partial charge in [0.25, 0.3) is 0 Å². The van der Waals surface area contributed by atoms with E-state index in [1.165, 1.54) is 12.1 Å². The van der Waals surface area contributed by atoms with Gasteiger partial charge in [-0.05, 0) is 38.1 Å². The molecule has 0 aliphatic rings. The van der Waals surface area contributed by atoms with Crippen LogP contribution in [0.4, 0.5) is 5.69 Å². The fourth-order valence-electron chi connectivity index (χ4n) is 1.89. The van der Waals surface area contributed by atoms with Crippen molar-refractivity contribution in [2.24, 2.45) is 5.14 Å². The zero-order valence-corrected chi connectivity index (χ0v) is 12.3. The van der Waals surface area contributed by atoms with Gasteiger partial charge in [-0.25, -0.2) is 18.5 Å². The minimum absolute atomic E-state index is 0.107. The normalized spacial score (nSPS) is 11.8. The third-order valence-electron chi connectivity index (χ3n) is 2.96. The molecule has 0 aliphatic carbocycles. The number of hydrogen-bond acceptors (Lipinski definition) is 4. The lowest BCUT2D eigenvalue weighted by Crippen LogP contribution is -2.12. The van der Waals surface area contributed by atoms with Crippen molar-refractivity contribution in [1.29, 1.82) is 0 Å². The molecule has 0 atom stereocenters. The van der Waals surface area contributed by atoms with Crippen LogP contribution >= 0.6 is 0 Å². The van der Waals surface area contributed by atoms with Gasteiger partial charge in [-0.15, -0.1) is 0 Å². The minimum Gasteiger partial charge on any atom is -0.379 e. The Kier molecular flexibility index (Phi) is 4.10. The molecule has 1 aromatic carbocycles. The Morgan fingerprint density at radius 3 is 2.50 bits per heavy atom. The summed E-state index contributed by atoms with van der Waals surface area (Å²) in [5.74, 6) is 0. The molecule has 0 fully saturated rings. The van der Waals surface area contributed by atoms with Crippen LogP contribution in [-0.2, 0) is 16.6 Å². The molecule has 2 rings (SSSR count). The van der Waals surface area contributed by atoms with Gasteiger partial charge in [0.1, 0.15) is 0 Å². The number of primary sulfonamides is 1. The lowest BCUT2D eigenvalue weighted by Gasteiger charge is -2.13. The van der Waals surface area contributed by atoms with E-state index < -0.39 is 10.0 Å². The number of nitrogens with one attached hydrogen (secondary N) is 1. The molecule has 3 N–H and O–H groups in total. The highest BCUT2D eigenvalue weighted by Crippen LogP contribution is 2.15. The van der Waals surface area contributed by atoms with Gasteiger partial charge in [0.05, 0.1) is 23.5 Å². The zero-order valence-electron chi connectivity index (χ0n) is 11.4. The highest BCUT2D eigenvalue weighted by Gasteiger charge is 2.07.